The molecule has 1 saturated carbocycles. The van der Waals surface area contributed by atoms with E-state index in [1.807, 2.05) is 24.3 Å². The van der Waals surface area contributed by atoms with E-state index in [2.05, 4.69) is 20.9 Å². The second kappa shape index (κ2) is 8.48. The molecule has 158 valence electrons. The van der Waals surface area contributed by atoms with Crippen molar-refractivity contribution >= 4 is 72.5 Å². The van der Waals surface area contributed by atoms with Crippen LogP contribution in [-0.4, -0.2) is 28.3 Å². The second-order valence-electron chi connectivity index (χ2n) is 7.86. The summed E-state index contributed by atoms with van der Waals surface area (Å²) in [5.41, 5.74) is 2.11. The third kappa shape index (κ3) is 3.97. The zero-order chi connectivity index (χ0) is 21.5. The van der Waals surface area contributed by atoms with Crippen LogP contribution in [0.5, 0.6) is 0 Å². The highest BCUT2D eigenvalue weighted by molar-refractivity contribution is 9.10. The molecule has 0 radical (unpaired) electrons. The van der Waals surface area contributed by atoms with E-state index in [0.717, 1.165) is 44.7 Å². The van der Waals surface area contributed by atoms with Crippen LogP contribution in [-0.2, 0) is 9.59 Å². The van der Waals surface area contributed by atoms with E-state index in [1.54, 1.807) is 18.2 Å². The molecule has 0 N–H and O–H groups in total. The highest BCUT2D eigenvalue weighted by Crippen LogP contribution is 2.41. The van der Waals surface area contributed by atoms with Crippen LogP contribution in [0, 0.1) is 11.8 Å². The first-order chi connectivity index (χ1) is 15.0. The van der Waals surface area contributed by atoms with Gasteiger partial charge < -0.3 is 0 Å². The number of benzene rings is 2. The van der Waals surface area contributed by atoms with Crippen LogP contribution >= 0.6 is 39.0 Å². The summed E-state index contributed by atoms with van der Waals surface area (Å²) in [5, 5.41) is 0. The number of thiazole rings is 1. The van der Waals surface area contributed by atoms with Crippen molar-refractivity contribution in [3.05, 3.63) is 52.5 Å². The minimum atomic E-state index is -0.158. The molecule has 0 bridgehead atoms. The molecule has 8 heteroatoms. The number of fused-ring (bicyclic) bond motifs is 2. The monoisotopic (exact) mass is 514 g/mol. The van der Waals surface area contributed by atoms with Gasteiger partial charge in [-0.3, -0.25) is 19.3 Å². The number of ketones is 1. The molecule has 2 atom stereocenters. The van der Waals surface area contributed by atoms with E-state index in [0.29, 0.717) is 17.0 Å². The van der Waals surface area contributed by atoms with Gasteiger partial charge in [0.15, 0.2) is 10.1 Å². The number of amides is 2. The van der Waals surface area contributed by atoms with Gasteiger partial charge in [-0.2, -0.15) is 0 Å². The number of thioether (sulfide) groups is 1. The van der Waals surface area contributed by atoms with Gasteiger partial charge in [-0.15, -0.1) is 11.3 Å². The third-order valence-electron chi connectivity index (χ3n) is 5.94. The zero-order valence-corrected chi connectivity index (χ0v) is 19.8. The van der Waals surface area contributed by atoms with Crippen molar-refractivity contribution in [1.29, 1.82) is 0 Å². The molecule has 1 saturated heterocycles. The van der Waals surface area contributed by atoms with Gasteiger partial charge in [0.25, 0.3) is 0 Å². The molecular weight excluding hydrogens is 496 g/mol. The highest BCUT2D eigenvalue weighted by Gasteiger charge is 2.48. The molecule has 2 amide bonds. The van der Waals surface area contributed by atoms with Gasteiger partial charge in [0.1, 0.15) is 0 Å². The molecule has 2 aliphatic rings. The smallest absolute Gasteiger partial charge is 0.237 e. The minimum Gasteiger partial charge on any atom is -0.293 e. The molecular formula is C23H19BrN2O3S2. The lowest BCUT2D eigenvalue weighted by molar-refractivity contribution is -0.122. The van der Waals surface area contributed by atoms with E-state index in [4.69, 9.17) is 0 Å². The molecule has 1 aromatic heterocycles. The van der Waals surface area contributed by atoms with Crippen molar-refractivity contribution in [1.82, 2.24) is 4.98 Å². The number of anilines is 1. The van der Waals surface area contributed by atoms with Gasteiger partial charge in [0.2, 0.25) is 11.8 Å². The zero-order valence-electron chi connectivity index (χ0n) is 16.5. The number of carbonyl (C=O) groups excluding carboxylic acids is 3. The molecule has 5 nitrogen and oxygen atoms in total. The maximum Gasteiger partial charge on any atom is 0.237 e. The summed E-state index contributed by atoms with van der Waals surface area (Å²) < 4.78 is 2.64. The Bertz CT molecular complexity index is 1170. The summed E-state index contributed by atoms with van der Waals surface area (Å²) in [6.07, 6.45) is 3.65. The largest absolute Gasteiger partial charge is 0.293 e. The Morgan fingerprint density at radius 3 is 2.42 bits per heavy atom. The predicted octanol–water partition coefficient (Wildman–Crippen LogP) is 5.71. The van der Waals surface area contributed by atoms with Gasteiger partial charge in [-0.1, -0.05) is 52.7 Å². The molecule has 31 heavy (non-hydrogen) atoms. The van der Waals surface area contributed by atoms with E-state index in [-0.39, 0.29) is 29.4 Å². The summed E-state index contributed by atoms with van der Waals surface area (Å²) in [6, 6.07) is 12.8. The van der Waals surface area contributed by atoms with Gasteiger partial charge in [0.05, 0.1) is 33.5 Å². The Balaban J connectivity index is 1.33. The molecule has 5 rings (SSSR count). The van der Waals surface area contributed by atoms with Crippen molar-refractivity contribution in [2.75, 3.05) is 10.7 Å². The topological polar surface area (TPSA) is 67.3 Å². The van der Waals surface area contributed by atoms with Crippen molar-refractivity contribution in [3.8, 4) is 0 Å². The number of hydrogen-bond acceptors (Lipinski definition) is 6. The average molecular weight is 515 g/mol. The lowest BCUT2D eigenvalue weighted by Gasteiger charge is -2.19. The fourth-order valence-corrected chi connectivity index (χ4v) is 6.62. The first-order valence-electron chi connectivity index (χ1n) is 10.2. The lowest BCUT2D eigenvalue weighted by Crippen LogP contribution is -2.30. The van der Waals surface area contributed by atoms with Crippen molar-refractivity contribution in [2.24, 2.45) is 11.8 Å². The Kier molecular flexibility index (Phi) is 5.71. The number of hydrogen-bond donors (Lipinski definition) is 0. The van der Waals surface area contributed by atoms with E-state index in [9.17, 15) is 14.4 Å². The number of Topliss-reactive ketones (excluding diaryl/α,β-unsaturated/α-hetero) is 1. The van der Waals surface area contributed by atoms with Crippen molar-refractivity contribution < 1.29 is 14.4 Å². The summed E-state index contributed by atoms with van der Waals surface area (Å²) in [6.45, 7) is 0. The molecule has 3 aromatic rings. The Labute approximate surface area is 196 Å². The third-order valence-corrected chi connectivity index (χ3v) is 8.63. The van der Waals surface area contributed by atoms with Gasteiger partial charge in [0, 0.05) is 10.0 Å². The Morgan fingerprint density at radius 1 is 1.06 bits per heavy atom. The summed E-state index contributed by atoms with van der Waals surface area (Å²) in [7, 11) is 0. The van der Waals surface area contributed by atoms with Crippen LogP contribution in [0.25, 0.3) is 10.2 Å². The molecule has 2 aromatic carbocycles. The quantitative estimate of drug-likeness (QED) is 0.247. The van der Waals surface area contributed by atoms with Crippen LogP contribution in [0.15, 0.2) is 51.3 Å². The molecule has 1 aliphatic heterocycles. The maximum absolute atomic E-state index is 12.9. The number of rotatable bonds is 5. The molecule has 0 spiro atoms. The number of halogens is 1. The highest BCUT2D eigenvalue weighted by atomic mass is 79.9. The van der Waals surface area contributed by atoms with Crippen LogP contribution in [0.3, 0.4) is 0 Å². The minimum absolute atomic E-state index is 0.0494. The molecule has 2 fully saturated rings. The van der Waals surface area contributed by atoms with Crippen molar-refractivity contribution in [3.63, 3.8) is 0 Å². The number of nitrogens with zero attached hydrogens (tertiary/aromatic N) is 2. The fourth-order valence-electron chi connectivity index (χ4n) is 4.36. The molecule has 2 heterocycles. The van der Waals surface area contributed by atoms with Crippen molar-refractivity contribution in [2.45, 2.75) is 30.0 Å². The predicted molar refractivity (Wildman–Crippen MR) is 127 cm³/mol. The summed E-state index contributed by atoms with van der Waals surface area (Å²) >= 11 is 6.26. The number of imide groups is 1. The van der Waals surface area contributed by atoms with Gasteiger partial charge >= 0.3 is 0 Å². The van der Waals surface area contributed by atoms with Crippen LogP contribution < -0.4 is 4.90 Å². The lowest BCUT2D eigenvalue weighted by atomic mass is 9.81. The Morgan fingerprint density at radius 2 is 1.74 bits per heavy atom. The maximum atomic E-state index is 12.9. The summed E-state index contributed by atoms with van der Waals surface area (Å²) in [4.78, 5) is 44.2. The first kappa shape index (κ1) is 20.8. The fraction of sp³-hybridized carbons (Fsp3) is 0.304. The normalized spacial score (nSPS) is 21.0. The van der Waals surface area contributed by atoms with E-state index >= 15 is 0 Å². The Hall–Kier alpha value is -2.03. The van der Waals surface area contributed by atoms with E-state index in [1.165, 1.54) is 28.0 Å². The van der Waals surface area contributed by atoms with Crippen LogP contribution in [0.2, 0.25) is 0 Å². The molecule has 1 aliphatic carbocycles. The SMILES string of the molecule is O=C(CSc1nc2ccc(N3C(=O)[C@H]4CCCC[C@H]4C3=O)cc2s1)c1ccc(Br)cc1. The standard InChI is InChI=1S/C23H19BrN2O3S2/c24-14-7-5-13(6-8-14)19(27)12-30-23-25-18-10-9-15(11-20(18)31-23)26-21(28)16-3-1-2-4-17(16)22(26)29/h5-11,16-17H,1-4,12H2/t16-,17+. The van der Waals surface area contributed by atoms with Gasteiger partial charge in [-0.05, 0) is 43.2 Å². The second-order valence-corrected chi connectivity index (χ2v) is 11.0. The average Bonchev–Trinajstić information content (AvgIpc) is 3.30. The summed E-state index contributed by atoms with van der Waals surface area (Å²) in [5.74, 6) is -0.0843. The van der Waals surface area contributed by atoms with E-state index < -0.39 is 0 Å². The van der Waals surface area contributed by atoms with Gasteiger partial charge in [-0.25, -0.2) is 4.98 Å². The number of aromatic nitrogens is 1. The first-order valence-corrected chi connectivity index (χ1v) is 12.8. The number of carbonyl (C=O) groups is 3. The van der Waals surface area contributed by atoms with Crippen LogP contribution in [0.1, 0.15) is 36.0 Å². The molecule has 0 unspecified atom stereocenters. The van der Waals surface area contributed by atoms with Crippen LogP contribution in [0.4, 0.5) is 5.69 Å².